The Balaban J connectivity index is 1.70. The summed E-state index contributed by atoms with van der Waals surface area (Å²) in [6.45, 7) is 7.80. The Kier molecular flexibility index (Phi) is 6.22. The zero-order valence-corrected chi connectivity index (χ0v) is 13.6. The molecule has 2 heterocycles. The highest BCUT2D eigenvalue weighted by Gasteiger charge is 2.29. The third-order valence-electron chi connectivity index (χ3n) is 4.63. The van der Waals surface area contributed by atoms with Gasteiger partial charge in [0.2, 0.25) is 0 Å². The van der Waals surface area contributed by atoms with Gasteiger partial charge in [-0.25, -0.2) is 8.42 Å². The predicted octanol–water partition coefficient (Wildman–Crippen LogP) is 0.508. The minimum Gasteiger partial charge on any atom is -0.392 e. The number of likely N-dealkylation sites (tertiary alicyclic amines) is 1. The van der Waals surface area contributed by atoms with Crippen LogP contribution in [0.5, 0.6) is 0 Å². The fourth-order valence-corrected chi connectivity index (χ4v) is 4.49. The number of aliphatic hydroxyl groups excluding tert-OH is 1. The second kappa shape index (κ2) is 7.72. The topological polar surface area (TPSA) is 60.9 Å². The molecule has 0 amide bonds. The fourth-order valence-electron chi connectivity index (χ4n) is 3.26. The zero-order valence-electron chi connectivity index (χ0n) is 12.8. The van der Waals surface area contributed by atoms with Crippen molar-refractivity contribution >= 4 is 9.84 Å². The average molecular weight is 316 g/mol. The summed E-state index contributed by atoms with van der Waals surface area (Å²) in [5, 5.41) is 9.94. The van der Waals surface area contributed by atoms with Crippen LogP contribution < -0.4 is 0 Å². The van der Waals surface area contributed by atoms with E-state index in [0.29, 0.717) is 30.6 Å². The molecule has 2 rings (SSSR count). The van der Waals surface area contributed by atoms with E-state index in [1.807, 2.05) is 6.08 Å². The van der Waals surface area contributed by atoms with Gasteiger partial charge in [0, 0.05) is 25.7 Å². The number of β-amino-alcohol motifs (C(OH)–C–C–N with tert-alkyl or cyclic N) is 1. The molecule has 0 saturated carbocycles. The zero-order chi connectivity index (χ0) is 15.3. The molecule has 0 aliphatic carbocycles. The maximum absolute atomic E-state index is 11.5. The number of allylic oxidation sites excluding steroid dienone is 1. The van der Waals surface area contributed by atoms with Gasteiger partial charge in [-0.2, -0.15) is 0 Å². The minimum absolute atomic E-state index is 0.264. The van der Waals surface area contributed by atoms with Gasteiger partial charge in [-0.3, -0.25) is 4.90 Å². The SMILES string of the molecule is C=CCC[C@H](O)CN1CCC(N2CCS(=O)(=O)CC2)CC1. The summed E-state index contributed by atoms with van der Waals surface area (Å²) in [5.74, 6) is 0.626. The third kappa shape index (κ3) is 5.36. The van der Waals surface area contributed by atoms with Crippen LogP contribution in [0.15, 0.2) is 12.7 Å². The first-order chi connectivity index (χ1) is 10.00. The van der Waals surface area contributed by atoms with E-state index < -0.39 is 9.84 Å². The van der Waals surface area contributed by atoms with Gasteiger partial charge in [-0.15, -0.1) is 6.58 Å². The Morgan fingerprint density at radius 2 is 1.81 bits per heavy atom. The molecule has 5 nitrogen and oxygen atoms in total. The maximum atomic E-state index is 11.5. The molecule has 0 unspecified atom stereocenters. The molecular formula is C15H28N2O3S. The molecule has 2 fully saturated rings. The van der Waals surface area contributed by atoms with Gasteiger partial charge >= 0.3 is 0 Å². The molecule has 0 aromatic rings. The number of aliphatic hydroxyl groups is 1. The van der Waals surface area contributed by atoms with Crippen molar-refractivity contribution in [3.05, 3.63) is 12.7 Å². The van der Waals surface area contributed by atoms with Crippen LogP contribution in [0.4, 0.5) is 0 Å². The lowest BCUT2D eigenvalue weighted by molar-refractivity contribution is 0.0666. The standard InChI is InChI=1S/C15H28N2O3S/c1-2-3-4-15(18)13-16-7-5-14(6-8-16)17-9-11-21(19,20)12-10-17/h2,14-15,18H,1,3-13H2/t15-/m0/s1. The van der Waals surface area contributed by atoms with Crippen molar-refractivity contribution in [2.75, 3.05) is 44.2 Å². The van der Waals surface area contributed by atoms with Gasteiger partial charge in [-0.1, -0.05) is 6.08 Å². The van der Waals surface area contributed by atoms with E-state index in [2.05, 4.69) is 16.4 Å². The van der Waals surface area contributed by atoms with Crippen LogP contribution in [0.1, 0.15) is 25.7 Å². The van der Waals surface area contributed by atoms with Crippen LogP contribution in [-0.4, -0.2) is 79.7 Å². The first kappa shape index (κ1) is 16.9. The average Bonchev–Trinajstić information content (AvgIpc) is 2.46. The Bertz CT molecular complexity index is 416. The van der Waals surface area contributed by atoms with Crippen LogP contribution in [0, 0.1) is 0 Å². The van der Waals surface area contributed by atoms with Crippen molar-refractivity contribution in [3.63, 3.8) is 0 Å². The van der Waals surface area contributed by atoms with Gasteiger partial charge < -0.3 is 10.0 Å². The van der Waals surface area contributed by atoms with Gasteiger partial charge in [-0.05, 0) is 38.8 Å². The molecule has 1 atom stereocenters. The number of hydrogen-bond donors (Lipinski definition) is 1. The quantitative estimate of drug-likeness (QED) is 0.724. The fraction of sp³-hybridized carbons (Fsp3) is 0.867. The highest BCUT2D eigenvalue weighted by molar-refractivity contribution is 7.91. The summed E-state index contributed by atoms with van der Waals surface area (Å²) in [6.07, 6.45) is 5.38. The molecule has 0 aromatic carbocycles. The number of piperidine rings is 1. The summed E-state index contributed by atoms with van der Waals surface area (Å²) < 4.78 is 22.9. The molecular weight excluding hydrogens is 288 g/mol. The molecule has 0 aromatic heterocycles. The smallest absolute Gasteiger partial charge is 0.152 e. The lowest BCUT2D eigenvalue weighted by Gasteiger charge is -2.40. The first-order valence-electron chi connectivity index (χ1n) is 7.96. The molecule has 2 saturated heterocycles. The molecule has 0 spiro atoms. The van der Waals surface area contributed by atoms with E-state index in [9.17, 15) is 13.5 Å². The van der Waals surface area contributed by atoms with Crippen molar-refractivity contribution in [2.24, 2.45) is 0 Å². The van der Waals surface area contributed by atoms with Crippen LogP contribution in [0.2, 0.25) is 0 Å². The Labute approximate surface area is 128 Å². The van der Waals surface area contributed by atoms with Crippen LogP contribution in [-0.2, 0) is 9.84 Å². The van der Waals surface area contributed by atoms with Gasteiger partial charge in [0.05, 0.1) is 17.6 Å². The van der Waals surface area contributed by atoms with Crippen molar-refractivity contribution in [1.29, 1.82) is 0 Å². The second-order valence-corrected chi connectivity index (χ2v) is 8.54. The monoisotopic (exact) mass is 316 g/mol. The summed E-state index contributed by atoms with van der Waals surface area (Å²) in [4.78, 5) is 4.66. The molecule has 1 N–H and O–H groups in total. The molecule has 0 radical (unpaired) electrons. The summed E-state index contributed by atoms with van der Waals surface area (Å²) in [7, 11) is -2.78. The van der Waals surface area contributed by atoms with Crippen LogP contribution in [0.3, 0.4) is 0 Å². The molecule has 2 aliphatic heterocycles. The lowest BCUT2D eigenvalue weighted by atomic mass is 10.0. The molecule has 6 heteroatoms. The molecule has 0 bridgehead atoms. The van der Waals surface area contributed by atoms with E-state index in [-0.39, 0.29) is 6.10 Å². The van der Waals surface area contributed by atoms with Gasteiger partial charge in [0.1, 0.15) is 0 Å². The van der Waals surface area contributed by atoms with Crippen molar-refractivity contribution < 1.29 is 13.5 Å². The largest absolute Gasteiger partial charge is 0.392 e. The van der Waals surface area contributed by atoms with Crippen LogP contribution in [0.25, 0.3) is 0 Å². The van der Waals surface area contributed by atoms with E-state index in [1.54, 1.807) is 0 Å². The molecule has 122 valence electrons. The Hall–Kier alpha value is -0.430. The van der Waals surface area contributed by atoms with E-state index in [0.717, 1.165) is 45.3 Å². The van der Waals surface area contributed by atoms with Crippen molar-refractivity contribution in [1.82, 2.24) is 9.80 Å². The van der Waals surface area contributed by atoms with Crippen LogP contribution >= 0.6 is 0 Å². The van der Waals surface area contributed by atoms with Gasteiger partial charge in [0.15, 0.2) is 9.84 Å². The number of sulfone groups is 1. The Morgan fingerprint density at radius 1 is 1.19 bits per heavy atom. The predicted molar refractivity (Wildman–Crippen MR) is 85.1 cm³/mol. The van der Waals surface area contributed by atoms with Crippen molar-refractivity contribution in [3.8, 4) is 0 Å². The van der Waals surface area contributed by atoms with E-state index >= 15 is 0 Å². The summed E-state index contributed by atoms with van der Waals surface area (Å²) >= 11 is 0. The minimum atomic E-state index is -2.78. The summed E-state index contributed by atoms with van der Waals surface area (Å²) in [5.41, 5.74) is 0. The van der Waals surface area contributed by atoms with Gasteiger partial charge in [0.25, 0.3) is 0 Å². The maximum Gasteiger partial charge on any atom is 0.152 e. The Morgan fingerprint density at radius 3 is 2.38 bits per heavy atom. The second-order valence-electron chi connectivity index (χ2n) is 6.24. The first-order valence-corrected chi connectivity index (χ1v) is 9.78. The van der Waals surface area contributed by atoms with E-state index in [1.165, 1.54) is 0 Å². The molecule has 21 heavy (non-hydrogen) atoms. The van der Waals surface area contributed by atoms with E-state index in [4.69, 9.17) is 0 Å². The summed E-state index contributed by atoms with van der Waals surface area (Å²) in [6, 6.07) is 0.516. The number of nitrogens with zero attached hydrogens (tertiary/aromatic N) is 2. The normalized spacial score (nSPS) is 26.5. The third-order valence-corrected chi connectivity index (χ3v) is 6.23. The van der Waals surface area contributed by atoms with Crippen molar-refractivity contribution in [2.45, 2.75) is 37.8 Å². The highest BCUT2D eigenvalue weighted by atomic mass is 32.2. The number of rotatable bonds is 6. The number of hydrogen-bond acceptors (Lipinski definition) is 5. The molecule has 2 aliphatic rings. The highest BCUT2D eigenvalue weighted by Crippen LogP contribution is 2.19. The lowest BCUT2D eigenvalue weighted by Crippen LogP contribution is -2.51.